The molecule has 1 N–H and O–H groups in total. The van der Waals surface area contributed by atoms with E-state index in [4.69, 9.17) is 9.47 Å². The van der Waals surface area contributed by atoms with Crippen molar-refractivity contribution in [3.05, 3.63) is 83.9 Å². The molecule has 0 aliphatic rings. The zero-order valence-corrected chi connectivity index (χ0v) is 26.0. The Labute approximate surface area is 249 Å². The minimum Gasteiger partial charge on any atom is -0.497 e. The number of methoxy groups -OCH3 is 1. The number of anilines is 1. The zero-order chi connectivity index (χ0) is 30.9. The van der Waals surface area contributed by atoms with Crippen molar-refractivity contribution in [1.29, 1.82) is 0 Å². The molecule has 0 unspecified atom stereocenters. The second-order valence-electron chi connectivity index (χ2n) is 10.2. The fourth-order valence-corrected chi connectivity index (χ4v) is 5.88. The van der Waals surface area contributed by atoms with E-state index < -0.39 is 28.5 Å². The van der Waals surface area contributed by atoms with E-state index in [1.54, 1.807) is 55.6 Å². The minimum atomic E-state index is -4.15. The molecule has 3 aromatic carbocycles. The number of hydrogen-bond donors (Lipinski definition) is 1. The average Bonchev–Trinajstić information content (AvgIpc) is 2.96. The fourth-order valence-electron chi connectivity index (χ4n) is 4.47. The number of ether oxygens (including phenoxy) is 2. The Hall–Kier alpha value is -4.05. The van der Waals surface area contributed by atoms with Gasteiger partial charge in [-0.15, -0.1) is 0 Å². The van der Waals surface area contributed by atoms with Crippen molar-refractivity contribution in [2.45, 2.75) is 64.6 Å². The number of benzene rings is 3. The fraction of sp³-hybridized carbons (Fsp3) is 0.375. The molecule has 9 nitrogen and oxygen atoms in total. The third-order valence-corrected chi connectivity index (χ3v) is 8.44. The van der Waals surface area contributed by atoms with Crippen molar-refractivity contribution in [2.24, 2.45) is 0 Å². The molecule has 1 atom stereocenters. The Morgan fingerprint density at radius 2 is 1.48 bits per heavy atom. The Bertz CT molecular complexity index is 1420. The highest BCUT2D eigenvalue weighted by atomic mass is 32.2. The lowest BCUT2D eigenvalue weighted by molar-refractivity contribution is -0.140. The van der Waals surface area contributed by atoms with Gasteiger partial charge in [0.25, 0.3) is 10.0 Å². The number of amides is 2. The summed E-state index contributed by atoms with van der Waals surface area (Å²) in [5, 5.41) is 2.90. The number of nitrogens with one attached hydrogen (secondary N) is 1. The normalized spacial score (nSPS) is 12.0. The van der Waals surface area contributed by atoms with E-state index in [0.29, 0.717) is 30.2 Å². The van der Waals surface area contributed by atoms with Gasteiger partial charge in [-0.3, -0.25) is 13.9 Å². The molecule has 0 fully saturated rings. The molecular weight excluding hydrogens is 554 g/mol. The molecule has 0 aromatic heterocycles. The summed E-state index contributed by atoms with van der Waals surface area (Å²) in [4.78, 5) is 28.9. The SMILES string of the molecule is CCOc1ccc(N(CC(=O)N(Cc2ccc(OC)cc2)[C@@H](CC)C(=O)NC(C)C)S(=O)(=O)c2ccc(C)cc2)cc1. The summed E-state index contributed by atoms with van der Waals surface area (Å²) in [6.45, 7) is 9.31. The van der Waals surface area contributed by atoms with Gasteiger partial charge in [0.1, 0.15) is 24.1 Å². The van der Waals surface area contributed by atoms with E-state index in [1.807, 2.05) is 46.8 Å². The Morgan fingerprint density at radius 1 is 0.881 bits per heavy atom. The summed E-state index contributed by atoms with van der Waals surface area (Å²) in [6, 6.07) is 19.3. The van der Waals surface area contributed by atoms with Crippen molar-refractivity contribution in [1.82, 2.24) is 10.2 Å². The maximum Gasteiger partial charge on any atom is 0.264 e. The Balaban J connectivity index is 2.06. The molecule has 0 spiro atoms. The van der Waals surface area contributed by atoms with Gasteiger partial charge < -0.3 is 19.7 Å². The van der Waals surface area contributed by atoms with Gasteiger partial charge in [0.15, 0.2) is 0 Å². The third-order valence-electron chi connectivity index (χ3n) is 6.65. The molecule has 3 aromatic rings. The van der Waals surface area contributed by atoms with Gasteiger partial charge >= 0.3 is 0 Å². The number of sulfonamides is 1. The number of rotatable bonds is 14. The molecule has 0 aliphatic carbocycles. The predicted molar refractivity (Wildman–Crippen MR) is 164 cm³/mol. The number of hydrogen-bond acceptors (Lipinski definition) is 6. The van der Waals surface area contributed by atoms with Crippen LogP contribution in [0, 0.1) is 6.92 Å². The first kappa shape index (κ1) is 32.5. The lowest BCUT2D eigenvalue weighted by Gasteiger charge is -2.33. The lowest BCUT2D eigenvalue weighted by Crippen LogP contribution is -2.53. The number of carbonyl (C=O) groups is 2. The van der Waals surface area contributed by atoms with Crippen LogP contribution in [-0.4, -0.2) is 57.5 Å². The van der Waals surface area contributed by atoms with Crippen molar-refractivity contribution in [3.63, 3.8) is 0 Å². The molecule has 0 heterocycles. The predicted octanol–water partition coefficient (Wildman–Crippen LogP) is 4.93. The molecule has 3 rings (SSSR count). The van der Waals surface area contributed by atoms with Crippen molar-refractivity contribution < 1.29 is 27.5 Å². The minimum absolute atomic E-state index is 0.0566. The molecule has 226 valence electrons. The quantitative estimate of drug-likeness (QED) is 0.283. The summed E-state index contributed by atoms with van der Waals surface area (Å²) in [5.74, 6) is 0.425. The van der Waals surface area contributed by atoms with Crippen LogP contribution in [0.5, 0.6) is 11.5 Å². The van der Waals surface area contributed by atoms with E-state index >= 15 is 0 Å². The Kier molecular flexibility index (Phi) is 11.4. The van der Waals surface area contributed by atoms with E-state index in [0.717, 1.165) is 15.4 Å². The van der Waals surface area contributed by atoms with Crippen LogP contribution < -0.4 is 19.1 Å². The van der Waals surface area contributed by atoms with Gasteiger partial charge in [-0.2, -0.15) is 0 Å². The number of nitrogens with zero attached hydrogens (tertiary/aromatic N) is 2. The third kappa shape index (κ3) is 8.25. The van der Waals surface area contributed by atoms with Crippen LogP contribution in [0.3, 0.4) is 0 Å². The highest BCUT2D eigenvalue weighted by molar-refractivity contribution is 7.92. The zero-order valence-electron chi connectivity index (χ0n) is 25.2. The standard InChI is InChI=1S/C32H41N3O6S/c1-7-30(32(37)33-23(3)4)34(21-25-11-15-27(40-6)16-12-25)31(36)22-35(26-13-17-28(18-14-26)41-8-2)42(38,39)29-19-9-24(5)10-20-29/h9-20,23,30H,7-8,21-22H2,1-6H3,(H,33,37)/t30-/m0/s1. The average molecular weight is 596 g/mol. The summed E-state index contributed by atoms with van der Waals surface area (Å²) < 4.78 is 39.9. The van der Waals surface area contributed by atoms with Crippen LogP contribution in [0.25, 0.3) is 0 Å². The largest absolute Gasteiger partial charge is 0.497 e. The smallest absolute Gasteiger partial charge is 0.264 e. The van der Waals surface area contributed by atoms with Gasteiger partial charge in [0.05, 0.1) is 24.3 Å². The second kappa shape index (κ2) is 14.7. The van der Waals surface area contributed by atoms with Gasteiger partial charge in [0.2, 0.25) is 11.8 Å². The molecule has 0 saturated heterocycles. The van der Waals surface area contributed by atoms with Crippen molar-refractivity contribution >= 4 is 27.5 Å². The monoisotopic (exact) mass is 595 g/mol. The highest BCUT2D eigenvalue weighted by Crippen LogP contribution is 2.27. The van der Waals surface area contributed by atoms with Crippen LogP contribution in [0.15, 0.2) is 77.7 Å². The molecule has 42 heavy (non-hydrogen) atoms. The molecule has 2 amide bonds. The topological polar surface area (TPSA) is 105 Å². The number of carbonyl (C=O) groups excluding carboxylic acids is 2. The maximum absolute atomic E-state index is 14.1. The Morgan fingerprint density at radius 3 is 2.00 bits per heavy atom. The lowest BCUT2D eigenvalue weighted by atomic mass is 10.1. The van der Waals surface area contributed by atoms with Gasteiger partial charge in [-0.1, -0.05) is 36.8 Å². The molecule has 0 radical (unpaired) electrons. The van der Waals surface area contributed by atoms with Crippen molar-refractivity contribution in [3.8, 4) is 11.5 Å². The van der Waals surface area contributed by atoms with Crippen LogP contribution in [0.2, 0.25) is 0 Å². The summed E-state index contributed by atoms with van der Waals surface area (Å²) in [5.41, 5.74) is 1.98. The first-order chi connectivity index (χ1) is 20.0. The first-order valence-corrected chi connectivity index (χ1v) is 15.5. The van der Waals surface area contributed by atoms with Crippen molar-refractivity contribution in [2.75, 3.05) is 24.6 Å². The summed E-state index contributed by atoms with van der Waals surface area (Å²) in [7, 11) is -2.58. The van der Waals surface area contributed by atoms with Crippen LogP contribution in [-0.2, 0) is 26.2 Å². The number of aryl methyl sites for hydroxylation is 1. The van der Waals surface area contributed by atoms with Gasteiger partial charge in [-0.05, 0) is 88.2 Å². The second-order valence-corrected chi connectivity index (χ2v) is 12.1. The van der Waals surface area contributed by atoms with Crippen LogP contribution >= 0.6 is 0 Å². The summed E-state index contributed by atoms with van der Waals surface area (Å²) in [6.07, 6.45) is 0.341. The van der Waals surface area contributed by atoms with Crippen LogP contribution in [0.4, 0.5) is 5.69 Å². The van der Waals surface area contributed by atoms with Gasteiger partial charge in [0, 0.05) is 12.6 Å². The highest BCUT2D eigenvalue weighted by Gasteiger charge is 2.34. The van der Waals surface area contributed by atoms with E-state index in [1.165, 1.54) is 17.0 Å². The molecule has 0 saturated carbocycles. The molecule has 10 heteroatoms. The molecular formula is C32H41N3O6S. The van der Waals surface area contributed by atoms with E-state index in [9.17, 15) is 18.0 Å². The molecule has 0 aliphatic heterocycles. The van der Waals surface area contributed by atoms with E-state index in [2.05, 4.69) is 5.32 Å². The van der Waals surface area contributed by atoms with E-state index in [-0.39, 0.29) is 23.4 Å². The molecule has 0 bridgehead atoms. The van der Waals surface area contributed by atoms with Crippen LogP contribution in [0.1, 0.15) is 45.2 Å². The first-order valence-electron chi connectivity index (χ1n) is 14.0. The summed E-state index contributed by atoms with van der Waals surface area (Å²) >= 11 is 0. The maximum atomic E-state index is 14.1. The van der Waals surface area contributed by atoms with Gasteiger partial charge in [-0.25, -0.2) is 8.42 Å².